The molecule has 1 aromatic heterocycles. The van der Waals surface area contributed by atoms with E-state index in [0.717, 1.165) is 31.9 Å². The second kappa shape index (κ2) is 10.0. The van der Waals surface area contributed by atoms with Crippen LogP contribution in [0.3, 0.4) is 0 Å². The van der Waals surface area contributed by atoms with Gasteiger partial charge in [0.1, 0.15) is 0 Å². The molecule has 2 heterocycles. The number of piperidine rings is 1. The lowest BCUT2D eigenvalue weighted by Crippen LogP contribution is -2.48. The molecule has 0 radical (unpaired) electrons. The number of nitrogens with zero attached hydrogens (tertiary/aromatic N) is 2. The van der Waals surface area contributed by atoms with Gasteiger partial charge in [-0.15, -0.1) is 35.3 Å². The van der Waals surface area contributed by atoms with Crippen LogP contribution in [0.2, 0.25) is 0 Å². The number of likely N-dealkylation sites (tertiary alicyclic amines) is 1. The maximum Gasteiger partial charge on any atom is 0.310 e. The molecule has 1 aliphatic heterocycles. The van der Waals surface area contributed by atoms with Gasteiger partial charge in [0, 0.05) is 25.0 Å². The number of halogens is 1. The third kappa shape index (κ3) is 5.42. The van der Waals surface area contributed by atoms with Crippen molar-refractivity contribution in [3.63, 3.8) is 0 Å². The Kier molecular flexibility index (Phi) is 8.77. The van der Waals surface area contributed by atoms with Crippen molar-refractivity contribution in [1.29, 1.82) is 0 Å². The van der Waals surface area contributed by atoms with Crippen LogP contribution in [0.25, 0.3) is 0 Å². The van der Waals surface area contributed by atoms with Crippen LogP contribution in [0.4, 0.5) is 0 Å². The van der Waals surface area contributed by atoms with E-state index in [1.807, 2.05) is 13.0 Å². The summed E-state index contributed by atoms with van der Waals surface area (Å²) in [4.78, 5) is 19.7. The van der Waals surface area contributed by atoms with Crippen LogP contribution in [0, 0.1) is 5.92 Å². The maximum absolute atomic E-state index is 11.9. The highest BCUT2D eigenvalue weighted by Crippen LogP contribution is 2.18. The highest BCUT2D eigenvalue weighted by Gasteiger charge is 2.28. The fourth-order valence-corrected chi connectivity index (χ4v) is 3.18. The van der Waals surface area contributed by atoms with Crippen molar-refractivity contribution in [2.75, 3.05) is 26.7 Å². The van der Waals surface area contributed by atoms with Crippen LogP contribution in [-0.2, 0) is 16.1 Å². The molecule has 0 amide bonds. The van der Waals surface area contributed by atoms with E-state index in [-0.39, 0.29) is 35.9 Å². The lowest BCUT2D eigenvalue weighted by atomic mass is 9.98. The Morgan fingerprint density at radius 2 is 2.41 bits per heavy atom. The van der Waals surface area contributed by atoms with Gasteiger partial charge < -0.3 is 15.0 Å². The summed E-state index contributed by atoms with van der Waals surface area (Å²) in [6.45, 7) is 4.68. The van der Waals surface area contributed by atoms with E-state index >= 15 is 0 Å². The molecular weight excluding hydrogens is 413 g/mol. The second-order valence-corrected chi connectivity index (χ2v) is 6.05. The zero-order valence-corrected chi connectivity index (χ0v) is 16.2. The summed E-state index contributed by atoms with van der Waals surface area (Å²) in [6, 6.07) is 4.14. The van der Waals surface area contributed by atoms with Crippen LogP contribution < -0.4 is 5.32 Å². The fraction of sp³-hybridized carbons (Fsp3) is 0.600. The number of ether oxygens (including phenoxy) is 1. The van der Waals surface area contributed by atoms with Crippen molar-refractivity contribution < 1.29 is 9.53 Å². The first-order chi connectivity index (χ1) is 10.2. The van der Waals surface area contributed by atoms with Gasteiger partial charge in [-0.25, -0.2) is 0 Å². The van der Waals surface area contributed by atoms with Crippen molar-refractivity contribution in [1.82, 2.24) is 10.2 Å². The zero-order valence-electron chi connectivity index (χ0n) is 13.1. The average molecular weight is 437 g/mol. The molecule has 0 bridgehead atoms. The number of hydrogen-bond acceptors (Lipinski definition) is 4. The van der Waals surface area contributed by atoms with Gasteiger partial charge in [0.15, 0.2) is 5.96 Å². The smallest absolute Gasteiger partial charge is 0.310 e. The number of esters is 1. The van der Waals surface area contributed by atoms with Gasteiger partial charge in [0.25, 0.3) is 0 Å². The van der Waals surface area contributed by atoms with Crippen LogP contribution in [0.5, 0.6) is 0 Å². The van der Waals surface area contributed by atoms with E-state index in [4.69, 9.17) is 4.74 Å². The predicted octanol–water partition coefficient (Wildman–Crippen LogP) is 2.72. The third-order valence-electron chi connectivity index (χ3n) is 3.55. The number of hydrogen-bond donors (Lipinski definition) is 1. The van der Waals surface area contributed by atoms with E-state index in [1.54, 1.807) is 18.4 Å². The first-order valence-electron chi connectivity index (χ1n) is 7.39. The Labute approximate surface area is 153 Å². The van der Waals surface area contributed by atoms with Crippen molar-refractivity contribution in [3.8, 4) is 0 Å². The van der Waals surface area contributed by atoms with Crippen molar-refractivity contribution in [2.24, 2.45) is 10.9 Å². The molecule has 7 heteroatoms. The molecule has 124 valence electrons. The highest BCUT2D eigenvalue weighted by atomic mass is 127. The van der Waals surface area contributed by atoms with Crippen molar-refractivity contribution in [3.05, 3.63) is 22.4 Å². The number of carbonyl (C=O) groups excluding carboxylic acids is 1. The summed E-state index contributed by atoms with van der Waals surface area (Å²) in [5, 5.41) is 5.43. The molecule has 0 aliphatic carbocycles. The summed E-state index contributed by atoms with van der Waals surface area (Å²) in [5.74, 6) is 0.729. The molecule has 1 unspecified atom stereocenters. The molecule has 1 atom stereocenters. The summed E-state index contributed by atoms with van der Waals surface area (Å²) < 4.78 is 5.14. The Morgan fingerprint density at radius 3 is 3.05 bits per heavy atom. The van der Waals surface area contributed by atoms with Gasteiger partial charge >= 0.3 is 5.97 Å². The highest BCUT2D eigenvalue weighted by molar-refractivity contribution is 14.0. The number of thiophene rings is 1. The largest absolute Gasteiger partial charge is 0.466 e. The molecule has 1 fully saturated rings. The van der Waals surface area contributed by atoms with E-state index in [9.17, 15) is 4.79 Å². The molecule has 22 heavy (non-hydrogen) atoms. The number of nitrogens with one attached hydrogen (secondary N) is 1. The van der Waals surface area contributed by atoms with Crippen LogP contribution in [0.15, 0.2) is 22.5 Å². The first kappa shape index (κ1) is 19.2. The molecule has 0 spiro atoms. The Hall–Kier alpha value is -0.830. The van der Waals surface area contributed by atoms with Crippen LogP contribution >= 0.6 is 35.3 Å². The van der Waals surface area contributed by atoms with Gasteiger partial charge in [0.05, 0.1) is 19.1 Å². The van der Waals surface area contributed by atoms with Crippen LogP contribution in [-0.4, -0.2) is 43.6 Å². The standard InChI is InChI=1S/C15H23N3O2S.HI/c1-3-20-14(19)12-6-4-8-18(11-12)15(16-2)17-10-13-7-5-9-21-13;/h5,7,9,12H,3-4,6,8,10-11H2,1-2H3,(H,16,17);1H. The predicted molar refractivity (Wildman–Crippen MR) is 101 cm³/mol. The van der Waals surface area contributed by atoms with Gasteiger partial charge in [-0.3, -0.25) is 9.79 Å². The lowest BCUT2D eigenvalue weighted by Gasteiger charge is -2.33. The second-order valence-electron chi connectivity index (χ2n) is 5.02. The van der Waals surface area contributed by atoms with Crippen LogP contribution in [0.1, 0.15) is 24.6 Å². The number of rotatable bonds is 4. The summed E-state index contributed by atoms with van der Waals surface area (Å²) in [7, 11) is 1.78. The molecular formula is C15H24IN3O2S. The number of aliphatic imine (C=N–C) groups is 1. The molecule has 1 aromatic rings. The normalized spacial score (nSPS) is 18.5. The first-order valence-corrected chi connectivity index (χ1v) is 8.27. The minimum atomic E-state index is -0.0871. The van der Waals surface area contributed by atoms with E-state index in [2.05, 4.69) is 26.7 Å². The van der Waals surface area contributed by atoms with Gasteiger partial charge in [-0.05, 0) is 31.2 Å². The van der Waals surface area contributed by atoms with E-state index < -0.39 is 0 Å². The molecule has 1 saturated heterocycles. The van der Waals surface area contributed by atoms with E-state index in [0.29, 0.717) is 13.2 Å². The molecule has 5 nitrogen and oxygen atoms in total. The van der Waals surface area contributed by atoms with Crippen molar-refractivity contribution in [2.45, 2.75) is 26.3 Å². The third-order valence-corrected chi connectivity index (χ3v) is 4.43. The summed E-state index contributed by atoms with van der Waals surface area (Å²) in [5.41, 5.74) is 0. The minimum absolute atomic E-state index is 0. The molecule has 2 rings (SSSR count). The van der Waals surface area contributed by atoms with Gasteiger partial charge in [-0.2, -0.15) is 0 Å². The molecule has 1 N–H and O–H groups in total. The zero-order chi connectivity index (χ0) is 15.1. The van der Waals surface area contributed by atoms with Gasteiger partial charge in [-0.1, -0.05) is 6.07 Å². The topological polar surface area (TPSA) is 53.9 Å². The molecule has 0 aromatic carbocycles. The Bertz CT molecular complexity index is 479. The Balaban J connectivity index is 0.00000242. The van der Waals surface area contributed by atoms with E-state index in [1.165, 1.54) is 4.88 Å². The SMILES string of the molecule is CCOC(=O)C1CCCN(C(=NC)NCc2cccs2)C1.I. The average Bonchev–Trinajstić information content (AvgIpc) is 3.02. The molecule has 1 aliphatic rings. The summed E-state index contributed by atoms with van der Waals surface area (Å²) >= 11 is 1.72. The minimum Gasteiger partial charge on any atom is -0.466 e. The number of carbonyl (C=O) groups is 1. The monoisotopic (exact) mass is 437 g/mol. The maximum atomic E-state index is 11.9. The van der Waals surface area contributed by atoms with Gasteiger partial charge in [0.2, 0.25) is 0 Å². The lowest BCUT2D eigenvalue weighted by molar-refractivity contribution is -0.149. The number of guanidine groups is 1. The quantitative estimate of drug-likeness (QED) is 0.341. The fourth-order valence-electron chi connectivity index (χ4n) is 2.53. The Morgan fingerprint density at radius 1 is 1.59 bits per heavy atom. The molecule has 0 saturated carbocycles. The summed E-state index contributed by atoms with van der Waals surface area (Å²) in [6.07, 6.45) is 1.89. The van der Waals surface area contributed by atoms with Crippen molar-refractivity contribution >= 4 is 47.2 Å².